The molecule has 0 fully saturated rings. The lowest BCUT2D eigenvalue weighted by molar-refractivity contribution is -0.128. The Labute approximate surface area is 192 Å². The van der Waals surface area contributed by atoms with Gasteiger partial charge in [0.1, 0.15) is 29.6 Å². The van der Waals surface area contributed by atoms with Crippen LogP contribution in [0.4, 0.5) is 0 Å². The van der Waals surface area contributed by atoms with Gasteiger partial charge in [-0.25, -0.2) is 0 Å². The molecular weight excluding hydrogens is 426 g/mol. The number of rotatable bonds is 9. The van der Waals surface area contributed by atoms with E-state index >= 15 is 0 Å². The highest BCUT2D eigenvalue weighted by Crippen LogP contribution is 2.19. The van der Waals surface area contributed by atoms with Gasteiger partial charge in [-0.1, -0.05) is 11.2 Å². The molecule has 9 nitrogen and oxygen atoms in total. The lowest BCUT2D eigenvalue weighted by Gasteiger charge is -2.15. The van der Waals surface area contributed by atoms with Gasteiger partial charge in [0.15, 0.2) is 6.10 Å². The summed E-state index contributed by atoms with van der Waals surface area (Å²) in [7, 11) is 0. The molecule has 33 heavy (non-hydrogen) atoms. The van der Waals surface area contributed by atoms with Crippen LogP contribution in [0, 0.1) is 13.8 Å². The third kappa shape index (κ3) is 6.49. The van der Waals surface area contributed by atoms with Crippen LogP contribution < -0.4 is 25.1 Å². The number of nitrogens with one attached hydrogen (secondary N) is 2. The van der Waals surface area contributed by atoms with Gasteiger partial charge in [-0.3, -0.25) is 20.4 Å². The van der Waals surface area contributed by atoms with Crippen LogP contribution in [0.25, 0.3) is 0 Å². The van der Waals surface area contributed by atoms with E-state index in [0.717, 1.165) is 11.3 Å². The molecule has 2 N–H and O–H groups in total. The van der Waals surface area contributed by atoms with Gasteiger partial charge in [0.05, 0.1) is 17.9 Å². The number of aryl methyl sites for hydroxylation is 2. The molecule has 1 heterocycles. The highest BCUT2D eigenvalue weighted by molar-refractivity contribution is 5.96. The fourth-order valence-electron chi connectivity index (χ4n) is 2.92. The summed E-state index contributed by atoms with van der Waals surface area (Å²) in [4.78, 5) is 24.8. The van der Waals surface area contributed by atoms with Crippen LogP contribution in [0.1, 0.15) is 41.2 Å². The summed E-state index contributed by atoms with van der Waals surface area (Å²) in [6.07, 6.45) is -0.826. The van der Waals surface area contributed by atoms with Crippen LogP contribution in [-0.4, -0.2) is 29.7 Å². The van der Waals surface area contributed by atoms with Crippen molar-refractivity contribution in [3.63, 3.8) is 0 Å². The van der Waals surface area contributed by atoms with Gasteiger partial charge in [-0.2, -0.15) is 0 Å². The summed E-state index contributed by atoms with van der Waals surface area (Å²) in [6, 6.07) is 13.6. The number of aromatic nitrogens is 1. The Hall–Kier alpha value is -4.01. The van der Waals surface area contributed by atoms with Crippen molar-refractivity contribution in [1.82, 2.24) is 16.0 Å². The van der Waals surface area contributed by atoms with E-state index in [0.29, 0.717) is 35.2 Å². The zero-order valence-electron chi connectivity index (χ0n) is 19.0. The van der Waals surface area contributed by atoms with E-state index in [9.17, 15) is 9.59 Å². The third-order valence-electron chi connectivity index (χ3n) is 4.78. The van der Waals surface area contributed by atoms with Crippen LogP contribution >= 0.6 is 0 Å². The molecule has 0 spiro atoms. The van der Waals surface area contributed by atoms with Crippen molar-refractivity contribution in [3.05, 3.63) is 71.1 Å². The summed E-state index contributed by atoms with van der Waals surface area (Å²) >= 11 is 0. The number of carbonyl (C=O) groups is 2. The quantitative estimate of drug-likeness (QED) is 0.477. The molecule has 3 aromatic rings. The predicted molar refractivity (Wildman–Crippen MR) is 120 cm³/mol. The summed E-state index contributed by atoms with van der Waals surface area (Å²) in [5.41, 5.74) is 6.70. The van der Waals surface area contributed by atoms with Crippen LogP contribution in [0.3, 0.4) is 0 Å². The number of amides is 2. The molecule has 0 aliphatic heterocycles. The van der Waals surface area contributed by atoms with E-state index < -0.39 is 17.9 Å². The summed E-state index contributed by atoms with van der Waals surface area (Å²) < 4.78 is 21.9. The number of hydrazine groups is 1. The second-order valence-electron chi connectivity index (χ2n) is 7.23. The molecule has 0 aliphatic rings. The molecule has 0 saturated heterocycles. The molecule has 174 valence electrons. The lowest BCUT2D eigenvalue weighted by atomic mass is 10.2. The summed E-state index contributed by atoms with van der Waals surface area (Å²) in [5.74, 6) is 1.43. The maximum atomic E-state index is 12.5. The molecule has 0 radical (unpaired) electrons. The van der Waals surface area contributed by atoms with Gasteiger partial charge in [0.25, 0.3) is 11.8 Å². The average Bonchev–Trinajstić information content (AvgIpc) is 3.14. The molecule has 1 aromatic heterocycles. The minimum Gasteiger partial charge on any atom is -0.494 e. The first-order valence-corrected chi connectivity index (χ1v) is 10.5. The Morgan fingerprint density at radius 3 is 2.39 bits per heavy atom. The summed E-state index contributed by atoms with van der Waals surface area (Å²) in [6.45, 7) is 7.96. The van der Waals surface area contributed by atoms with E-state index in [4.69, 9.17) is 18.7 Å². The van der Waals surface area contributed by atoms with Crippen molar-refractivity contribution in [2.24, 2.45) is 0 Å². The van der Waals surface area contributed by atoms with Gasteiger partial charge in [-0.15, -0.1) is 0 Å². The van der Waals surface area contributed by atoms with Crippen molar-refractivity contribution >= 4 is 11.8 Å². The van der Waals surface area contributed by atoms with E-state index in [1.807, 2.05) is 20.8 Å². The van der Waals surface area contributed by atoms with Crippen LogP contribution in [0.2, 0.25) is 0 Å². The third-order valence-corrected chi connectivity index (χ3v) is 4.78. The number of benzene rings is 2. The smallest absolute Gasteiger partial charge is 0.279 e. The standard InChI is InChI=1S/C24H27N3O6/c1-5-30-19-9-11-20(12-10-19)32-17(4)23(28)25-26-24(29)18-7-6-8-21(13-18)31-14-22-15(2)27-33-16(22)3/h6-13,17H,5,14H2,1-4H3,(H,25,28)(H,26,29). The van der Waals surface area contributed by atoms with Gasteiger partial charge in [0, 0.05) is 5.56 Å². The highest BCUT2D eigenvalue weighted by Gasteiger charge is 2.16. The topological polar surface area (TPSA) is 112 Å². The van der Waals surface area contributed by atoms with Crippen molar-refractivity contribution in [1.29, 1.82) is 0 Å². The number of hydrogen-bond donors (Lipinski definition) is 2. The molecule has 1 unspecified atom stereocenters. The van der Waals surface area contributed by atoms with Crippen LogP contribution in [0.5, 0.6) is 17.2 Å². The Bertz CT molecular complexity index is 1070. The number of carbonyl (C=O) groups excluding carboxylic acids is 2. The molecule has 2 aromatic carbocycles. The van der Waals surface area contributed by atoms with Gasteiger partial charge in [-0.05, 0) is 70.2 Å². The van der Waals surface area contributed by atoms with Crippen molar-refractivity contribution in [2.45, 2.75) is 40.4 Å². The number of hydrogen-bond acceptors (Lipinski definition) is 7. The second-order valence-corrected chi connectivity index (χ2v) is 7.23. The first-order chi connectivity index (χ1) is 15.9. The van der Waals surface area contributed by atoms with Gasteiger partial charge in [0.2, 0.25) is 0 Å². The molecule has 2 amide bonds. The van der Waals surface area contributed by atoms with E-state index in [1.165, 1.54) is 0 Å². The maximum Gasteiger partial charge on any atom is 0.279 e. The normalized spacial score (nSPS) is 11.4. The van der Waals surface area contributed by atoms with Crippen LogP contribution in [-0.2, 0) is 11.4 Å². The van der Waals surface area contributed by atoms with Crippen molar-refractivity contribution < 1.29 is 28.3 Å². The van der Waals surface area contributed by atoms with Crippen molar-refractivity contribution in [3.8, 4) is 17.2 Å². The van der Waals surface area contributed by atoms with Crippen molar-refractivity contribution in [2.75, 3.05) is 6.61 Å². The number of nitrogens with zero attached hydrogens (tertiary/aromatic N) is 1. The Morgan fingerprint density at radius 1 is 1.00 bits per heavy atom. The van der Waals surface area contributed by atoms with Crippen LogP contribution in [0.15, 0.2) is 53.1 Å². The van der Waals surface area contributed by atoms with Gasteiger partial charge < -0.3 is 18.7 Å². The number of ether oxygens (including phenoxy) is 3. The average molecular weight is 453 g/mol. The zero-order chi connectivity index (χ0) is 23.8. The van der Waals surface area contributed by atoms with Gasteiger partial charge >= 0.3 is 0 Å². The largest absolute Gasteiger partial charge is 0.494 e. The maximum absolute atomic E-state index is 12.5. The molecule has 3 rings (SSSR count). The Morgan fingerprint density at radius 2 is 1.73 bits per heavy atom. The second kappa shape index (κ2) is 11.0. The fourth-order valence-corrected chi connectivity index (χ4v) is 2.92. The zero-order valence-corrected chi connectivity index (χ0v) is 19.0. The Kier molecular flexibility index (Phi) is 7.91. The molecule has 0 bridgehead atoms. The molecule has 9 heteroatoms. The predicted octanol–water partition coefficient (Wildman–Crippen LogP) is 3.50. The van der Waals surface area contributed by atoms with E-state index in [1.54, 1.807) is 55.5 Å². The monoisotopic (exact) mass is 453 g/mol. The first kappa shape index (κ1) is 23.6. The fraction of sp³-hybridized carbons (Fsp3) is 0.292. The minimum atomic E-state index is -0.826. The SMILES string of the molecule is CCOc1ccc(OC(C)C(=O)NNC(=O)c2cccc(OCc3c(C)noc3C)c2)cc1. The highest BCUT2D eigenvalue weighted by atomic mass is 16.5. The minimum absolute atomic E-state index is 0.267. The molecule has 1 atom stereocenters. The van der Waals surface area contributed by atoms with E-state index in [-0.39, 0.29) is 6.61 Å². The molecular formula is C24H27N3O6. The lowest BCUT2D eigenvalue weighted by Crippen LogP contribution is -2.47. The van der Waals surface area contributed by atoms with E-state index in [2.05, 4.69) is 16.0 Å². The Balaban J connectivity index is 1.50. The summed E-state index contributed by atoms with van der Waals surface area (Å²) in [5, 5.41) is 3.89. The molecule has 0 saturated carbocycles. The first-order valence-electron chi connectivity index (χ1n) is 10.5. The molecule has 0 aliphatic carbocycles.